The molecule has 0 aliphatic heterocycles. The van der Waals surface area contributed by atoms with Crippen LogP contribution in [0.4, 0.5) is 4.39 Å². The second kappa shape index (κ2) is 2.58. The molecular weight excluding hydrogens is 173 g/mol. The fourth-order valence-corrected chi connectivity index (χ4v) is 1.17. The molecule has 0 bridgehead atoms. The summed E-state index contributed by atoms with van der Waals surface area (Å²) in [6.45, 7) is 0. The molecule has 13 heavy (non-hydrogen) atoms. The second-order valence-electron chi connectivity index (χ2n) is 2.61. The summed E-state index contributed by atoms with van der Waals surface area (Å²) >= 11 is 0. The number of nitrogens with two attached hydrogens (primary N) is 1. The Morgan fingerprint density at radius 1 is 1.38 bits per heavy atom. The monoisotopic (exact) mass is 179 g/mol. The van der Waals surface area contributed by atoms with Crippen molar-refractivity contribution < 1.29 is 13.6 Å². The highest BCUT2D eigenvalue weighted by Crippen LogP contribution is 2.23. The quantitative estimate of drug-likeness (QED) is 0.723. The normalized spacial score (nSPS) is 10.5. The first-order valence-electron chi connectivity index (χ1n) is 3.67. The minimum atomic E-state index is -0.895. The van der Waals surface area contributed by atoms with Crippen molar-refractivity contribution in [3.05, 3.63) is 35.8 Å². The van der Waals surface area contributed by atoms with Crippen molar-refractivity contribution in [3.8, 4) is 0 Å². The average Bonchev–Trinajstić information content (AvgIpc) is 2.45. The molecule has 0 aliphatic rings. The summed E-state index contributed by atoms with van der Waals surface area (Å²) in [5.41, 5.74) is 5.23. The first-order chi connectivity index (χ1) is 6.20. The molecule has 0 saturated carbocycles. The number of carbonyl (C=O) groups is 1. The predicted molar refractivity (Wildman–Crippen MR) is 44.7 cm³/mol. The number of para-hydroxylation sites is 1. The van der Waals surface area contributed by atoms with Crippen molar-refractivity contribution >= 4 is 16.9 Å². The maximum Gasteiger partial charge on any atom is 0.287 e. The van der Waals surface area contributed by atoms with Gasteiger partial charge >= 0.3 is 0 Å². The lowest BCUT2D eigenvalue weighted by atomic mass is 10.2. The van der Waals surface area contributed by atoms with Gasteiger partial charge in [0.2, 0.25) is 5.76 Å². The van der Waals surface area contributed by atoms with E-state index in [2.05, 4.69) is 0 Å². The number of amides is 1. The van der Waals surface area contributed by atoms with E-state index in [1.165, 1.54) is 6.07 Å². The summed E-state index contributed by atoms with van der Waals surface area (Å²) in [7, 11) is 0. The Morgan fingerprint density at radius 2 is 2.08 bits per heavy atom. The molecule has 2 N–H and O–H groups in total. The highest BCUT2D eigenvalue weighted by atomic mass is 19.1. The van der Waals surface area contributed by atoms with Crippen molar-refractivity contribution in [3.63, 3.8) is 0 Å². The fraction of sp³-hybridized carbons (Fsp3) is 0. The van der Waals surface area contributed by atoms with E-state index in [-0.39, 0.29) is 5.39 Å². The molecule has 0 atom stereocenters. The molecule has 0 aliphatic carbocycles. The van der Waals surface area contributed by atoms with Gasteiger partial charge in [-0.15, -0.1) is 0 Å². The summed E-state index contributed by atoms with van der Waals surface area (Å²) in [6, 6.07) is 6.45. The minimum Gasteiger partial charge on any atom is -0.448 e. The summed E-state index contributed by atoms with van der Waals surface area (Å²) in [4.78, 5) is 10.7. The molecule has 1 heterocycles. The first kappa shape index (κ1) is 7.79. The summed E-state index contributed by atoms with van der Waals surface area (Å²) in [6.07, 6.45) is 0. The lowest BCUT2D eigenvalue weighted by molar-refractivity contribution is 0.0970. The number of fused-ring (bicyclic) bond motifs is 1. The molecule has 0 spiro atoms. The maximum atomic E-state index is 13.3. The molecule has 2 aromatic rings. The topological polar surface area (TPSA) is 56.2 Å². The largest absolute Gasteiger partial charge is 0.448 e. The van der Waals surface area contributed by atoms with Crippen molar-refractivity contribution in [1.82, 2.24) is 0 Å². The molecule has 0 saturated heterocycles. The Balaban J connectivity index is 2.81. The van der Waals surface area contributed by atoms with Crippen LogP contribution in [0.25, 0.3) is 11.0 Å². The molecular formula is C9H6FNO2. The van der Waals surface area contributed by atoms with Gasteiger partial charge in [0.25, 0.3) is 5.91 Å². The predicted octanol–water partition coefficient (Wildman–Crippen LogP) is 1.67. The third-order valence-electron chi connectivity index (χ3n) is 1.76. The third-order valence-corrected chi connectivity index (χ3v) is 1.76. The summed E-state index contributed by atoms with van der Waals surface area (Å²) < 4.78 is 18.2. The van der Waals surface area contributed by atoms with Gasteiger partial charge < -0.3 is 10.2 Å². The van der Waals surface area contributed by atoms with Gasteiger partial charge in [0, 0.05) is 0 Å². The Morgan fingerprint density at radius 3 is 2.69 bits per heavy atom. The van der Waals surface area contributed by atoms with Crippen LogP contribution in [0.3, 0.4) is 0 Å². The van der Waals surface area contributed by atoms with Crippen LogP contribution in [0.1, 0.15) is 10.6 Å². The van der Waals surface area contributed by atoms with Crippen LogP contribution in [0, 0.1) is 5.82 Å². The van der Waals surface area contributed by atoms with Crippen LogP contribution < -0.4 is 5.73 Å². The Hall–Kier alpha value is -1.84. The van der Waals surface area contributed by atoms with E-state index in [4.69, 9.17) is 10.2 Å². The van der Waals surface area contributed by atoms with Gasteiger partial charge in [0.05, 0.1) is 5.39 Å². The lowest BCUT2D eigenvalue weighted by Gasteiger charge is -1.84. The lowest BCUT2D eigenvalue weighted by Crippen LogP contribution is -2.11. The average molecular weight is 179 g/mol. The molecule has 1 aromatic heterocycles. The Bertz CT molecular complexity index is 475. The third kappa shape index (κ3) is 1.07. The zero-order chi connectivity index (χ0) is 9.42. The number of rotatable bonds is 1. The first-order valence-corrected chi connectivity index (χ1v) is 3.67. The smallest absolute Gasteiger partial charge is 0.287 e. The fourth-order valence-electron chi connectivity index (χ4n) is 1.17. The standard InChI is InChI=1S/C9H6FNO2/c10-7-5-3-1-2-4-6(5)13-8(7)9(11)12/h1-4H,(H2,11,12). The maximum absolute atomic E-state index is 13.3. The number of benzene rings is 1. The minimum absolute atomic E-state index is 0.274. The van der Waals surface area contributed by atoms with Gasteiger partial charge in [-0.25, -0.2) is 4.39 Å². The van der Waals surface area contributed by atoms with E-state index >= 15 is 0 Å². The van der Waals surface area contributed by atoms with E-state index < -0.39 is 17.5 Å². The van der Waals surface area contributed by atoms with E-state index in [0.717, 1.165) is 0 Å². The highest BCUT2D eigenvalue weighted by Gasteiger charge is 2.17. The zero-order valence-electron chi connectivity index (χ0n) is 6.58. The van der Waals surface area contributed by atoms with Crippen molar-refractivity contribution in [2.24, 2.45) is 5.73 Å². The molecule has 3 nitrogen and oxygen atoms in total. The van der Waals surface area contributed by atoms with Crippen LogP contribution in [-0.4, -0.2) is 5.91 Å². The Kier molecular flexibility index (Phi) is 1.55. The molecule has 66 valence electrons. The van der Waals surface area contributed by atoms with Gasteiger partial charge in [-0.3, -0.25) is 4.79 Å². The van der Waals surface area contributed by atoms with E-state index in [0.29, 0.717) is 5.58 Å². The van der Waals surface area contributed by atoms with Crippen LogP contribution in [-0.2, 0) is 0 Å². The number of furan rings is 1. The van der Waals surface area contributed by atoms with Crippen LogP contribution in [0.2, 0.25) is 0 Å². The van der Waals surface area contributed by atoms with Crippen LogP contribution >= 0.6 is 0 Å². The van der Waals surface area contributed by atoms with Gasteiger partial charge in [-0.1, -0.05) is 12.1 Å². The number of primary amides is 1. The van der Waals surface area contributed by atoms with Crippen molar-refractivity contribution in [2.45, 2.75) is 0 Å². The molecule has 2 rings (SSSR count). The van der Waals surface area contributed by atoms with Crippen LogP contribution in [0.15, 0.2) is 28.7 Å². The van der Waals surface area contributed by atoms with Crippen molar-refractivity contribution in [2.75, 3.05) is 0 Å². The summed E-state index contributed by atoms with van der Waals surface area (Å²) in [5, 5.41) is 0.274. The number of halogens is 1. The molecule has 0 unspecified atom stereocenters. The molecule has 0 fully saturated rings. The second-order valence-corrected chi connectivity index (χ2v) is 2.61. The molecule has 1 amide bonds. The van der Waals surface area contributed by atoms with E-state index in [1.54, 1.807) is 18.2 Å². The SMILES string of the molecule is NC(=O)c1oc2ccccc2c1F. The Labute approximate surface area is 72.9 Å². The zero-order valence-corrected chi connectivity index (χ0v) is 6.58. The van der Waals surface area contributed by atoms with Crippen LogP contribution in [0.5, 0.6) is 0 Å². The molecule has 1 aromatic carbocycles. The number of hydrogen-bond donors (Lipinski definition) is 1. The van der Waals surface area contributed by atoms with Gasteiger partial charge in [-0.2, -0.15) is 0 Å². The van der Waals surface area contributed by atoms with Gasteiger partial charge in [0.1, 0.15) is 5.58 Å². The number of carbonyl (C=O) groups excluding carboxylic acids is 1. The van der Waals surface area contributed by atoms with Gasteiger partial charge in [0.15, 0.2) is 5.82 Å². The van der Waals surface area contributed by atoms with E-state index in [1.807, 2.05) is 0 Å². The highest BCUT2D eigenvalue weighted by molar-refractivity contribution is 5.95. The molecule has 4 heteroatoms. The van der Waals surface area contributed by atoms with E-state index in [9.17, 15) is 9.18 Å². The van der Waals surface area contributed by atoms with Crippen molar-refractivity contribution in [1.29, 1.82) is 0 Å². The van der Waals surface area contributed by atoms with Gasteiger partial charge in [-0.05, 0) is 12.1 Å². The molecule has 0 radical (unpaired) electrons. The summed E-state index contributed by atoms with van der Waals surface area (Å²) in [5.74, 6) is -2.00. The number of hydrogen-bond acceptors (Lipinski definition) is 2.